The topological polar surface area (TPSA) is 130 Å². The second-order valence-corrected chi connectivity index (χ2v) is 7.99. The van der Waals surface area contributed by atoms with Gasteiger partial charge in [-0.05, 0) is 37.1 Å². The van der Waals surface area contributed by atoms with Gasteiger partial charge in [0.1, 0.15) is 0 Å². The van der Waals surface area contributed by atoms with Crippen LogP contribution in [0.15, 0.2) is 40.3 Å². The number of anilines is 1. The van der Waals surface area contributed by atoms with Gasteiger partial charge in [-0.3, -0.25) is 14.4 Å². The van der Waals surface area contributed by atoms with Crippen molar-refractivity contribution >= 4 is 45.1 Å². The predicted octanol–water partition coefficient (Wildman–Crippen LogP) is 1.68. The van der Waals surface area contributed by atoms with Crippen molar-refractivity contribution in [1.29, 1.82) is 0 Å². The van der Waals surface area contributed by atoms with E-state index in [2.05, 4.69) is 5.32 Å². The summed E-state index contributed by atoms with van der Waals surface area (Å²) in [6, 6.07) is 5.15. The molecule has 1 aromatic rings. The monoisotopic (exact) mass is 400 g/mol. The zero-order chi connectivity index (χ0) is 19.5. The number of sulfonamides is 1. The fourth-order valence-corrected chi connectivity index (χ4v) is 3.85. The number of hydrogen-bond donors (Lipinski definition) is 3. The number of nitrogens with one attached hydrogen (secondary N) is 2. The Kier molecular flexibility index (Phi) is 6.04. The molecule has 8 nitrogen and oxygen atoms in total. The Bertz CT molecular complexity index is 863. The first-order valence-electron chi connectivity index (χ1n) is 7.62. The number of rotatable bonds is 5. The molecule has 1 aliphatic carbocycles. The number of amides is 2. The van der Waals surface area contributed by atoms with Crippen molar-refractivity contribution in [2.75, 3.05) is 5.32 Å². The highest BCUT2D eigenvalue weighted by molar-refractivity contribution is 7.90. The molecule has 140 valence electrons. The van der Waals surface area contributed by atoms with Gasteiger partial charge in [0, 0.05) is 17.6 Å². The highest BCUT2D eigenvalue weighted by Crippen LogP contribution is 2.32. The van der Waals surface area contributed by atoms with Crippen LogP contribution >= 0.6 is 11.6 Å². The SMILES string of the molecule is CC(=O)NS(=O)(=O)c1ccc(NC(=O)[C@@H]2CC(Cl)=CC[C@H]2C(=O)O)cc1. The van der Waals surface area contributed by atoms with E-state index in [1.54, 1.807) is 6.08 Å². The molecule has 2 amide bonds. The quantitative estimate of drug-likeness (QED) is 0.689. The van der Waals surface area contributed by atoms with Crippen molar-refractivity contribution in [2.45, 2.75) is 24.7 Å². The second kappa shape index (κ2) is 7.88. The van der Waals surface area contributed by atoms with Gasteiger partial charge in [0.2, 0.25) is 11.8 Å². The van der Waals surface area contributed by atoms with Crippen LogP contribution in [-0.4, -0.2) is 31.3 Å². The third kappa shape index (κ3) is 4.83. The number of allylic oxidation sites excluding steroid dienone is 2. The molecular formula is C16H17ClN2O6S. The minimum atomic E-state index is -3.97. The predicted molar refractivity (Wildman–Crippen MR) is 93.9 cm³/mol. The Morgan fingerprint density at radius 3 is 2.31 bits per heavy atom. The van der Waals surface area contributed by atoms with Gasteiger partial charge < -0.3 is 10.4 Å². The summed E-state index contributed by atoms with van der Waals surface area (Å²) in [6.07, 6.45) is 1.88. The first-order chi connectivity index (χ1) is 12.1. The lowest BCUT2D eigenvalue weighted by molar-refractivity contribution is -0.146. The van der Waals surface area contributed by atoms with E-state index in [0.29, 0.717) is 10.7 Å². The van der Waals surface area contributed by atoms with E-state index in [0.717, 1.165) is 6.92 Å². The van der Waals surface area contributed by atoms with Gasteiger partial charge in [-0.15, -0.1) is 0 Å². The van der Waals surface area contributed by atoms with Crippen LogP contribution in [-0.2, 0) is 24.4 Å². The van der Waals surface area contributed by atoms with E-state index in [-0.39, 0.29) is 17.7 Å². The second-order valence-electron chi connectivity index (χ2n) is 5.82. The van der Waals surface area contributed by atoms with E-state index in [1.807, 2.05) is 4.72 Å². The molecule has 2 rings (SSSR count). The lowest BCUT2D eigenvalue weighted by Crippen LogP contribution is -2.35. The van der Waals surface area contributed by atoms with E-state index in [4.69, 9.17) is 11.6 Å². The molecule has 2 atom stereocenters. The van der Waals surface area contributed by atoms with Crippen LogP contribution in [0.4, 0.5) is 5.69 Å². The Morgan fingerprint density at radius 2 is 1.77 bits per heavy atom. The van der Waals surface area contributed by atoms with Gasteiger partial charge in [-0.1, -0.05) is 17.7 Å². The zero-order valence-electron chi connectivity index (χ0n) is 13.7. The largest absolute Gasteiger partial charge is 0.481 e. The molecular weight excluding hydrogens is 384 g/mol. The lowest BCUT2D eigenvalue weighted by Gasteiger charge is -2.25. The average molecular weight is 401 g/mol. The molecule has 0 unspecified atom stereocenters. The molecule has 0 saturated carbocycles. The maximum Gasteiger partial charge on any atom is 0.307 e. The van der Waals surface area contributed by atoms with E-state index >= 15 is 0 Å². The summed E-state index contributed by atoms with van der Waals surface area (Å²) in [5.41, 5.74) is 0.298. The number of carboxylic acid groups (broad SMARTS) is 1. The first-order valence-corrected chi connectivity index (χ1v) is 9.48. The molecule has 0 spiro atoms. The molecule has 0 heterocycles. The van der Waals surface area contributed by atoms with E-state index < -0.39 is 39.6 Å². The normalized spacial score (nSPS) is 20.0. The molecule has 0 aromatic heterocycles. The molecule has 3 N–H and O–H groups in total. The Labute approximate surface area is 155 Å². The highest BCUT2D eigenvalue weighted by atomic mass is 35.5. The molecule has 10 heteroatoms. The fourth-order valence-electron chi connectivity index (χ4n) is 2.60. The minimum absolute atomic E-state index is 0.124. The van der Waals surface area contributed by atoms with Gasteiger partial charge in [-0.2, -0.15) is 0 Å². The summed E-state index contributed by atoms with van der Waals surface area (Å²) >= 11 is 5.93. The van der Waals surface area contributed by atoms with Crippen molar-refractivity contribution < 1.29 is 27.9 Å². The molecule has 0 fully saturated rings. The number of hydrogen-bond acceptors (Lipinski definition) is 5. The molecule has 1 aromatic carbocycles. The fraction of sp³-hybridized carbons (Fsp3) is 0.312. The number of carbonyl (C=O) groups is 3. The van der Waals surface area contributed by atoms with Crippen LogP contribution in [0, 0.1) is 11.8 Å². The smallest absolute Gasteiger partial charge is 0.307 e. The van der Waals surface area contributed by atoms with Crippen molar-refractivity contribution in [3.63, 3.8) is 0 Å². The van der Waals surface area contributed by atoms with E-state index in [9.17, 15) is 27.9 Å². The zero-order valence-corrected chi connectivity index (χ0v) is 15.3. The van der Waals surface area contributed by atoms with Crippen molar-refractivity contribution in [3.8, 4) is 0 Å². The van der Waals surface area contributed by atoms with Crippen molar-refractivity contribution in [1.82, 2.24) is 4.72 Å². The first kappa shape index (κ1) is 19.9. The molecule has 0 bridgehead atoms. The average Bonchev–Trinajstić information content (AvgIpc) is 2.53. The molecule has 0 saturated heterocycles. The number of halogens is 1. The summed E-state index contributed by atoms with van der Waals surface area (Å²) in [5, 5.41) is 12.3. The lowest BCUT2D eigenvalue weighted by atomic mass is 9.82. The highest BCUT2D eigenvalue weighted by Gasteiger charge is 2.36. The Balaban J connectivity index is 2.13. The maximum absolute atomic E-state index is 12.4. The van der Waals surface area contributed by atoms with Gasteiger partial charge in [-0.25, -0.2) is 13.1 Å². The maximum atomic E-state index is 12.4. The third-order valence-corrected chi connectivity index (χ3v) is 5.62. The number of aliphatic carboxylic acids is 1. The van der Waals surface area contributed by atoms with Crippen LogP contribution in [0.5, 0.6) is 0 Å². The van der Waals surface area contributed by atoms with Crippen LogP contribution in [0.1, 0.15) is 19.8 Å². The Hall–Kier alpha value is -2.39. The van der Waals surface area contributed by atoms with Gasteiger partial charge in [0.25, 0.3) is 10.0 Å². The van der Waals surface area contributed by atoms with Gasteiger partial charge >= 0.3 is 5.97 Å². The van der Waals surface area contributed by atoms with Crippen molar-refractivity contribution in [3.05, 3.63) is 35.4 Å². The van der Waals surface area contributed by atoms with E-state index in [1.165, 1.54) is 24.3 Å². The molecule has 1 aliphatic rings. The van der Waals surface area contributed by atoms with Gasteiger partial charge in [0.05, 0.1) is 16.7 Å². The number of benzene rings is 1. The van der Waals surface area contributed by atoms with Gasteiger partial charge in [0.15, 0.2) is 0 Å². The summed E-state index contributed by atoms with van der Waals surface area (Å²) in [6.45, 7) is 1.08. The molecule has 0 radical (unpaired) electrons. The number of carboxylic acids is 1. The van der Waals surface area contributed by atoms with Crippen LogP contribution < -0.4 is 10.0 Å². The standard InChI is InChI=1S/C16H17ClN2O6S/c1-9(20)19-26(24,25)12-5-3-11(4-6-12)18-15(21)14-8-10(17)2-7-13(14)16(22)23/h2-6,13-14H,7-8H2,1H3,(H,18,21)(H,19,20)(H,22,23)/t13-,14-/m1/s1. The van der Waals surface area contributed by atoms with Crippen LogP contribution in [0.3, 0.4) is 0 Å². The van der Waals surface area contributed by atoms with Crippen LogP contribution in [0.25, 0.3) is 0 Å². The summed E-state index contributed by atoms with van der Waals surface area (Å²) < 4.78 is 25.6. The number of carbonyl (C=O) groups excluding carboxylic acids is 2. The Morgan fingerprint density at radius 1 is 1.15 bits per heavy atom. The summed E-state index contributed by atoms with van der Waals surface area (Å²) in [4.78, 5) is 34.5. The summed E-state index contributed by atoms with van der Waals surface area (Å²) in [5.74, 6) is -4.02. The summed E-state index contributed by atoms with van der Waals surface area (Å²) in [7, 11) is -3.97. The van der Waals surface area contributed by atoms with Crippen LogP contribution in [0.2, 0.25) is 0 Å². The molecule has 0 aliphatic heterocycles. The molecule has 26 heavy (non-hydrogen) atoms. The van der Waals surface area contributed by atoms with Crippen molar-refractivity contribution in [2.24, 2.45) is 11.8 Å². The minimum Gasteiger partial charge on any atom is -0.481 e. The third-order valence-electron chi connectivity index (χ3n) is 3.86.